The van der Waals surface area contributed by atoms with Gasteiger partial charge in [-0.05, 0) is 37.5 Å². The molecule has 0 aliphatic carbocycles. The topological polar surface area (TPSA) is 96.0 Å². The fourth-order valence-electron chi connectivity index (χ4n) is 4.15. The van der Waals surface area contributed by atoms with Crippen LogP contribution in [0.4, 0.5) is 5.69 Å². The first-order chi connectivity index (χ1) is 14.0. The number of hydrogen-bond acceptors (Lipinski definition) is 6. The van der Waals surface area contributed by atoms with Crippen LogP contribution in [0.15, 0.2) is 18.2 Å². The number of carbonyl (C=O) groups is 4. The molecule has 1 N–H and O–H groups in total. The summed E-state index contributed by atoms with van der Waals surface area (Å²) in [5, 5.41) is 3.03. The molecule has 2 saturated heterocycles. The lowest BCUT2D eigenvalue weighted by molar-refractivity contribution is -0.136. The summed E-state index contributed by atoms with van der Waals surface area (Å²) >= 11 is 3.36. The van der Waals surface area contributed by atoms with Crippen LogP contribution in [0.1, 0.15) is 46.4 Å². The van der Waals surface area contributed by atoms with Gasteiger partial charge in [-0.1, -0.05) is 15.9 Å². The number of nitrogens with one attached hydrogen (secondary N) is 1. The molecule has 1 aromatic rings. The number of nitrogens with zero attached hydrogens (tertiary/aromatic N) is 2. The summed E-state index contributed by atoms with van der Waals surface area (Å²) in [7, 11) is 0. The van der Waals surface area contributed by atoms with Crippen molar-refractivity contribution in [1.29, 1.82) is 0 Å². The van der Waals surface area contributed by atoms with E-state index in [1.807, 2.05) is 6.07 Å². The number of amides is 4. The third kappa shape index (κ3) is 3.81. The van der Waals surface area contributed by atoms with Crippen LogP contribution in [0.3, 0.4) is 0 Å². The molecule has 3 aliphatic heterocycles. The summed E-state index contributed by atoms with van der Waals surface area (Å²) < 4.78 is 5.78. The number of ether oxygens (including phenoxy) is 1. The molecule has 4 amide bonds. The number of anilines is 1. The maximum absolute atomic E-state index is 12.9. The highest BCUT2D eigenvalue weighted by Crippen LogP contribution is 2.31. The van der Waals surface area contributed by atoms with Gasteiger partial charge in [-0.15, -0.1) is 0 Å². The van der Waals surface area contributed by atoms with E-state index >= 15 is 0 Å². The van der Waals surface area contributed by atoms with E-state index in [0.717, 1.165) is 41.8 Å². The molecule has 3 aliphatic rings. The minimum atomic E-state index is -0.939. The van der Waals surface area contributed by atoms with E-state index in [0.29, 0.717) is 17.7 Å². The molecule has 0 aromatic heterocycles. The van der Waals surface area contributed by atoms with Crippen molar-refractivity contribution in [3.05, 3.63) is 29.3 Å². The second-order valence-electron chi connectivity index (χ2n) is 7.42. The number of piperidine rings is 2. The zero-order valence-corrected chi connectivity index (χ0v) is 17.4. The minimum absolute atomic E-state index is 0.112. The number of halogens is 1. The first-order valence-electron chi connectivity index (χ1n) is 9.77. The van der Waals surface area contributed by atoms with Crippen molar-refractivity contribution in [2.75, 3.05) is 29.9 Å². The number of carbonyl (C=O) groups excluding carboxylic acids is 4. The Morgan fingerprint density at radius 1 is 1.03 bits per heavy atom. The average Bonchev–Trinajstić information content (AvgIpc) is 2.97. The lowest BCUT2D eigenvalue weighted by atomic mass is 10.0. The van der Waals surface area contributed by atoms with Crippen LogP contribution >= 0.6 is 15.9 Å². The lowest BCUT2D eigenvalue weighted by Gasteiger charge is -2.33. The van der Waals surface area contributed by atoms with Crippen molar-refractivity contribution in [2.24, 2.45) is 0 Å². The second-order valence-corrected chi connectivity index (χ2v) is 8.22. The molecule has 0 radical (unpaired) electrons. The maximum Gasteiger partial charge on any atom is 0.262 e. The van der Waals surface area contributed by atoms with Crippen LogP contribution in [0.2, 0.25) is 0 Å². The highest BCUT2D eigenvalue weighted by Gasteiger charge is 2.44. The van der Waals surface area contributed by atoms with Crippen LogP contribution in [-0.2, 0) is 14.3 Å². The molecule has 1 unspecified atom stereocenters. The predicted octanol–water partition coefficient (Wildman–Crippen LogP) is 1.47. The molecule has 0 spiro atoms. The van der Waals surface area contributed by atoms with E-state index in [1.165, 1.54) is 0 Å². The van der Waals surface area contributed by atoms with Gasteiger partial charge < -0.3 is 9.64 Å². The van der Waals surface area contributed by atoms with Gasteiger partial charge in [-0.25, -0.2) is 0 Å². The SMILES string of the molecule is O=C1CCC(N2C(=O)c3ccc(N4CCC(OCCBr)CC4)cc3C2=O)C(=O)N1. The lowest BCUT2D eigenvalue weighted by Crippen LogP contribution is -2.54. The fraction of sp³-hybridized carbons (Fsp3) is 0.500. The monoisotopic (exact) mass is 463 g/mol. The van der Waals surface area contributed by atoms with Crippen LogP contribution in [0.25, 0.3) is 0 Å². The van der Waals surface area contributed by atoms with Gasteiger partial charge >= 0.3 is 0 Å². The van der Waals surface area contributed by atoms with Crippen molar-refractivity contribution in [3.8, 4) is 0 Å². The highest BCUT2D eigenvalue weighted by molar-refractivity contribution is 9.09. The Hall–Kier alpha value is -2.26. The number of hydrogen-bond donors (Lipinski definition) is 1. The van der Waals surface area contributed by atoms with Gasteiger partial charge in [0.25, 0.3) is 11.8 Å². The van der Waals surface area contributed by atoms with Gasteiger partial charge in [0.05, 0.1) is 23.8 Å². The van der Waals surface area contributed by atoms with Crippen molar-refractivity contribution < 1.29 is 23.9 Å². The Kier molecular flexibility index (Phi) is 5.69. The Bertz CT molecular complexity index is 866. The summed E-state index contributed by atoms with van der Waals surface area (Å²) in [6.45, 7) is 2.31. The van der Waals surface area contributed by atoms with E-state index in [4.69, 9.17) is 4.74 Å². The third-order valence-electron chi connectivity index (χ3n) is 5.66. The molecule has 0 bridgehead atoms. The number of imide groups is 2. The molecular weight excluding hydrogens is 442 g/mol. The fourth-order valence-corrected chi connectivity index (χ4v) is 4.33. The van der Waals surface area contributed by atoms with Gasteiger partial charge in [-0.2, -0.15) is 0 Å². The normalized spacial score (nSPS) is 22.9. The predicted molar refractivity (Wildman–Crippen MR) is 108 cm³/mol. The van der Waals surface area contributed by atoms with E-state index in [-0.39, 0.29) is 24.9 Å². The van der Waals surface area contributed by atoms with E-state index in [1.54, 1.807) is 12.1 Å². The Balaban J connectivity index is 1.49. The molecule has 8 nitrogen and oxygen atoms in total. The molecule has 29 heavy (non-hydrogen) atoms. The Morgan fingerprint density at radius 2 is 1.76 bits per heavy atom. The Labute approximate surface area is 176 Å². The van der Waals surface area contributed by atoms with Crippen molar-refractivity contribution >= 4 is 45.2 Å². The number of benzene rings is 1. The highest BCUT2D eigenvalue weighted by atomic mass is 79.9. The molecule has 3 heterocycles. The first kappa shape index (κ1) is 20.0. The molecular formula is C20H22BrN3O5. The molecule has 1 aromatic carbocycles. The molecule has 0 saturated carbocycles. The third-order valence-corrected chi connectivity index (χ3v) is 5.98. The summed E-state index contributed by atoms with van der Waals surface area (Å²) in [6.07, 6.45) is 2.31. The van der Waals surface area contributed by atoms with Gasteiger partial charge in [-0.3, -0.25) is 29.4 Å². The molecule has 154 valence electrons. The van der Waals surface area contributed by atoms with Crippen LogP contribution < -0.4 is 10.2 Å². The maximum atomic E-state index is 12.9. The molecule has 9 heteroatoms. The van der Waals surface area contributed by atoms with E-state index in [9.17, 15) is 19.2 Å². The molecule has 2 fully saturated rings. The summed E-state index contributed by atoms with van der Waals surface area (Å²) in [5.74, 6) is -1.93. The molecule has 1 atom stereocenters. The van der Waals surface area contributed by atoms with Crippen LogP contribution in [-0.4, -0.2) is 65.7 Å². The minimum Gasteiger partial charge on any atom is -0.377 e. The first-order valence-corrected chi connectivity index (χ1v) is 10.9. The largest absolute Gasteiger partial charge is 0.377 e. The standard InChI is InChI=1S/C20H22BrN3O5/c21-7-10-29-13-5-8-23(9-6-13)12-1-2-14-15(11-12)20(28)24(19(14)27)16-3-4-17(25)22-18(16)26/h1-2,11,13,16H,3-10H2,(H,22,25,26). The van der Waals surface area contributed by atoms with Crippen molar-refractivity contribution in [3.63, 3.8) is 0 Å². The van der Waals surface area contributed by atoms with Gasteiger partial charge in [0.1, 0.15) is 6.04 Å². The summed E-state index contributed by atoms with van der Waals surface area (Å²) in [5.41, 5.74) is 1.50. The van der Waals surface area contributed by atoms with Gasteiger partial charge in [0.15, 0.2) is 0 Å². The van der Waals surface area contributed by atoms with Crippen LogP contribution in [0.5, 0.6) is 0 Å². The smallest absolute Gasteiger partial charge is 0.262 e. The number of rotatable bonds is 5. The Morgan fingerprint density at radius 3 is 2.45 bits per heavy atom. The quantitative estimate of drug-likeness (QED) is 0.524. The van der Waals surface area contributed by atoms with E-state index < -0.39 is 23.8 Å². The van der Waals surface area contributed by atoms with Gasteiger partial charge in [0.2, 0.25) is 11.8 Å². The number of alkyl halides is 1. The van der Waals surface area contributed by atoms with E-state index in [2.05, 4.69) is 26.1 Å². The van der Waals surface area contributed by atoms with Crippen molar-refractivity contribution in [1.82, 2.24) is 10.2 Å². The number of fused-ring (bicyclic) bond motifs is 1. The van der Waals surface area contributed by atoms with Crippen molar-refractivity contribution in [2.45, 2.75) is 37.8 Å². The van der Waals surface area contributed by atoms with Gasteiger partial charge in [0, 0.05) is 30.5 Å². The summed E-state index contributed by atoms with van der Waals surface area (Å²) in [4.78, 5) is 52.4. The summed E-state index contributed by atoms with van der Waals surface area (Å²) in [6, 6.07) is 4.30. The zero-order chi connectivity index (χ0) is 20.5. The zero-order valence-electron chi connectivity index (χ0n) is 15.9. The molecule has 4 rings (SSSR count). The average molecular weight is 464 g/mol. The van der Waals surface area contributed by atoms with Crippen LogP contribution in [0, 0.1) is 0 Å². The second kappa shape index (κ2) is 8.23.